The summed E-state index contributed by atoms with van der Waals surface area (Å²) in [5.41, 5.74) is 1.43. The highest BCUT2D eigenvalue weighted by Gasteiger charge is 2.16. The summed E-state index contributed by atoms with van der Waals surface area (Å²) in [6, 6.07) is 7.34. The van der Waals surface area contributed by atoms with E-state index in [0.29, 0.717) is 11.5 Å². The van der Waals surface area contributed by atoms with E-state index >= 15 is 0 Å². The Labute approximate surface area is 108 Å². The fourth-order valence-corrected chi connectivity index (χ4v) is 2.30. The minimum absolute atomic E-state index is 0. The van der Waals surface area contributed by atoms with Gasteiger partial charge in [-0.2, -0.15) is 0 Å². The third-order valence-electron chi connectivity index (χ3n) is 3.22. The van der Waals surface area contributed by atoms with Crippen LogP contribution in [-0.4, -0.2) is 24.2 Å². The molecule has 0 unspecified atom stereocenters. The van der Waals surface area contributed by atoms with Crippen molar-refractivity contribution in [1.29, 1.82) is 0 Å². The molecular formula is C13H18ClNO2. The van der Waals surface area contributed by atoms with Crippen LogP contribution in [0.1, 0.15) is 28.8 Å². The first-order valence-corrected chi connectivity index (χ1v) is 5.79. The Morgan fingerprint density at radius 3 is 2.59 bits per heavy atom. The number of aromatic carboxylic acids is 1. The van der Waals surface area contributed by atoms with Crippen LogP contribution in [0, 0.1) is 5.92 Å². The lowest BCUT2D eigenvalue weighted by Crippen LogP contribution is -2.29. The van der Waals surface area contributed by atoms with E-state index in [2.05, 4.69) is 5.32 Å². The van der Waals surface area contributed by atoms with Crippen LogP contribution in [0.3, 0.4) is 0 Å². The van der Waals surface area contributed by atoms with Crippen molar-refractivity contribution in [3.8, 4) is 0 Å². The molecule has 1 fully saturated rings. The van der Waals surface area contributed by atoms with Gasteiger partial charge in [0.15, 0.2) is 0 Å². The smallest absolute Gasteiger partial charge is 0.335 e. The van der Waals surface area contributed by atoms with Crippen LogP contribution in [0.15, 0.2) is 24.3 Å². The first-order chi connectivity index (χ1) is 7.77. The SMILES string of the molecule is Cl.O=C(O)c1ccccc1CC1CCNCC1. The molecule has 1 saturated heterocycles. The van der Waals surface area contributed by atoms with Crippen LogP contribution >= 0.6 is 12.4 Å². The number of nitrogens with one attached hydrogen (secondary N) is 1. The number of carboxylic acid groups (broad SMARTS) is 1. The van der Waals surface area contributed by atoms with Crippen LogP contribution in [0.4, 0.5) is 0 Å². The lowest BCUT2D eigenvalue weighted by molar-refractivity contribution is 0.0695. The van der Waals surface area contributed by atoms with Gasteiger partial charge < -0.3 is 10.4 Å². The third-order valence-corrected chi connectivity index (χ3v) is 3.22. The molecule has 1 heterocycles. The molecule has 4 heteroatoms. The summed E-state index contributed by atoms with van der Waals surface area (Å²) < 4.78 is 0. The second-order valence-corrected chi connectivity index (χ2v) is 4.36. The van der Waals surface area contributed by atoms with Gasteiger partial charge in [0.2, 0.25) is 0 Å². The maximum Gasteiger partial charge on any atom is 0.335 e. The predicted octanol–water partition coefficient (Wildman–Crippen LogP) is 2.35. The number of carboxylic acids is 1. The average Bonchev–Trinajstić information content (AvgIpc) is 2.31. The van der Waals surface area contributed by atoms with E-state index in [-0.39, 0.29) is 12.4 Å². The molecular weight excluding hydrogens is 238 g/mol. The van der Waals surface area contributed by atoms with Crippen molar-refractivity contribution in [3.63, 3.8) is 0 Å². The van der Waals surface area contributed by atoms with Crippen molar-refractivity contribution in [2.24, 2.45) is 5.92 Å². The lowest BCUT2D eigenvalue weighted by atomic mass is 9.89. The van der Waals surface area contributed by atoms with Gasteiger partial charge in [0, 0.05) is 0 Å². The molecule has 1 aliphatic rings. The molecule has 0 bridgehead atoms. The zero-order valence-electron chi connectivity index (χ0n) is 9.69. The average molecular weight is 256 g/mol. The van der Waals surface area contributed by atoms with Gasteiger partial charge in [-0.15, -0.1) is 12.4 Å². The fraction of sp³-hybridized carbons (Fsp3) is 0.462. The van der Waals surface area contributed by atoms with E-state index < -0.39 is 5.97 Å². The van der Waals surface area contributed by atoms with Crippen LogP contribution in [0.2, 0.25) is 0 Å². The van der Waals surface area contributed by atoms with E-state index in [4.69, 9.17) is 5.11 Å². The molecule has 0 atom stereocenters. The number of halogens is 1. The number of carbonyl (C=O) groups is 1. The van der Waals surface area contributed by atoms with E-state index in [1.165, 1.54) is 0 Å². The molecule has 17 heavy (non-hydrogen) atoms. The highest BCUT2D eigenvalue weighted by Crippen LogP contribution is 2.20. The highest BCUT2D eigenvalue weighted by atomic mass is 35.5. The van der Waals surface area contributed by atoms with E-state index in [0.717, 1.165) is 37.9 Å². The van der Waals surface area contributed by atoms with Gasteiger partial charge >= 0.3 is 5.97 Å². The Morgan fingerprint density at radius 1 is 1.29 bits per heavy atom. The van der Waals surface area contributed by atoms with Crippen LogP contribution < -0.4 is 5.32 Å². The zero-order chi connectivity index (χ0) is 11.4. The predicted molar refractivity (Wildman–Crippen MR) is 69.9 cm³/mol. The Bertz CT molecular complexity index is 375. The number of rotatable bonds is 3. The Morgan fingerprint density at radius 2 is 1.94 bits per heavy atom. The molecule has 0 radical (unpaired) electrons. The first-order valence-electron chi connectivity index (χ1n) is 5.79. The highest BCUT2D eigenvalue weighted by molar-refractivity contribution is 5.89. The number of piperidine rings is 1. The molecule has 0 amide bonds. The Balaban J connectivity index is 0.00000144. The van der Waals surface area contributed by atoms with Gasteiger partial charge in [-0.25, -0.2) is 4.79 Å². The van der Waals surface area contributed by atoms with Crippen LogP contribution in [0.25, 0.3) is 0 Å². The zero-order valence-corrected chi connectivity index (χ0v) is 10.5. The number of hydrogen-bond donors (Lipinski definition) is 2. The van der Waals surface area contributed by atoms with Crippen molar-refractivity contribution in [2.75, 3.05) is 13.1 Å². The second kappa shape index (κ2) is 6.62. The lowest BCUT2D eigenvalue weighted by Gasteiger charge is -2.23. The van der Waals surface area contributed by atoms with Gasteiger partial charge in [-0.3, -0.25) is 0 Å². The fourth-order valence-electron chi connectivity index (χ4n) is 2.30. The topological polar surface area (TPSA) is 49.3 Å². The largest absolute Gasteiger partial charge is 0.478 e. The molecule has 1 aliphatic heterocycles. The molecule has 2 N–H and O–H groups in total. The van der Waals surface area contributed by atoms with Crippen molar-refractivity contribution in [2.45, 2.75) is 19.3 Å². The summed E-state index contributed by atoms with van der Waals surface area (Å²) in [5.74, 6) is -0.189. The molecule has 1 aromatic carbocycles. The number of benzene rings is 1. The minimum atomic E-state index is -0.815. The molecule has 0 aromatic heterocycles. The monoisotopic (exact) mass is 255 g/mol. The van der Waals surface area contributed by atoms with Gasteiger partial charge in [0.1, 0.15) is 0 Å². The van der Waals surface area contributed by atoms with Gasteiger partial charge in [-0.05, 0) is 49.9 Å². The summed E-state index contributed by atoms with van der Waals surface area (Å²) in [6.07, 6.45) is 3.19. The normalized spacial score (nSPS) is 16.2. The summed E-state index contributed by atoms with van der Waals surface area (Å²) >= 11 is 0. The first kappa shape index (κ1) is 14.0. The molecule has 1 aromatic rings. The van der Waals surface area contributed by atoms with E-state index in [9.17, 15) is 4.79 Å². The standard InChI is InChI=1S/C13H17NO2.ClH/c15-13(16)12-4-2-1-3-11(12)9-10-5-7-14-8-6-10;/h1-4,10,14H,5-9H2,(H,15,16);1H. The molecule has 0 aliphatic carbocycles. The van der Waals surface area contributed by atoms with Crippen molar-refractivity contribution in [1.82, 2.24) is 5.32 Å². The summed E-state index contributed by atoms with van der Waals surface area (Å²) in [7, 11) is 0. The maximum atomic E-state index is 11.1. The summed E-state index contributed by atoms with van der Waals surface area (Å²) in [4.78, 5) is 11.1. The van der Waals surface area contributed by atoms with E-state index in [1.54, 1.807) is 12.1 Å². The van der Waals surface area contributed by atoms with Crippen molar-refractivity contribution < 1.29 is 9.90 Å². The maximum absolute atomic E-state index is 11.1. The number of hydrogen-bond acceptors (Lipinski definition) is 2. The second-order valence-electron chi connectivity index (χ2n) is 4.36. The van der Waals surface area contributed by atoms with Gasteiger partial charge in [0.25, 0.3) is 0 Å². The third kappa shape index (κ3) is 3.72. The molecule has 0 spiro atoms. The summed E-state index contributed by atoms with van der Waals surface area (Å²) in [5, 5.41) is 12.4. The molecule has 2 rings (SSSR count). The molecule has 94 valence electrons. The van der Waals surface area contributed by atoms with Gasteiger partial charge in [0.05, 0.1) is 5.56 Å². The van der Waals surface area contributed by atoms with Crippen LogP contribution in [0.5, 0.6) is 0 Å². The minimum Gasteiger partial charge on any atom is -0.478 e. The molecule has 0 saturated carbocycles. The molecule has 3 nitrogen and oxygen atoms in total. The summed E-state index contributed by atoms with van der Waals surface area (Å²) in [6.45, 7) is 2.11. The van der Waals surface area contributed by atoms with Crippen molar-refractivity contribution in [3.05, 3.63) is 35.4 Å². The van der Waals surface area contributed by atoms with Gasteiger partial charge in [-0.1, -0.05) is 18.2 Å². The van der Waals surface area contributed by atoms with Crippen LogP contribution in [-0.2, 0) is 6.42 Å². The quantitative estimate of drug-likeness (QED) is 0.872. The van der Waals surface area contributed by atoms with Crippen molar-refractivity contribution >= 4 is 18.4 Å². The van der Waals surface area contributed by atoms with E-state index in [1.807, 2.05) is 12.1 Å². The Hall–Kier alpha value is -1.06. The Kier molecular flexibility index (Phi) is 5.45.